The smallest absolute Gasteiger partial charge is 0.0465 e. The van der Waals surface area contributed by atoms with Gasteiger partial charge in [-0.25, -0.2) is 0 Å². The van der Waals surface area contributed by atoms with Gasteiger partial charge >= 0.3 is 0 Å². The number of hydrogen-bond acceptors (Lipinski definition) is 0. The highest BCUT2D eigenvalue weighted by Gasteiger charge is 2.09. The van der Waals surface area contributed by atoms with Crippen LogP contribution >= 0.6 is 0 Å². The standard InChI is InChI=1S/C25H20N2/c1-3-22-20(18-8-4-6-10-23(18)26-22)14-16(2)17-12-13-25-21(15-17)19-9-5-7-11-24(19)27-25/h3-15,26-27H,1H2,2H3/b16-14+. The molecule has 0 aliphatic heterocycles. The minimum atomic E-state index is 1.06. The Labute approximate surface area is 157 Å². The summed E-state index contributed by atoms with van der Waals surface area (Å²) in [6.07, 6.45) is 4.15. The molecule has 0 spiro atoms. The zero-order valence-corrected chi connectivity index (χ0v) is 15.2. The number of benzene rings is 3. The highest BCUT2D eigenvalue weighted by Crippen LogP contribution is 2.31. The lowest BCUT2D eigenvalue weighted by molar-refractivity contribution is 1.42. The van der Waals surface area contributed by atoms with Crippen molar-refractivity contribution in [2.45, 2.75) is 6.92 Å². The zero-order chi connectivity index (χ0) is 18.4. The molecule has 2 N–H and O–H groups in total. The van der Waals surface area contributed by atoms with Crippen molar-refractivity contribution in [1.82, 2.24) is 9.97 Å². The maximum Gasteiger partial charge on any atom is 0.0465 e. The van der Waals surface area contributed by atoms with Crippen LogP contribution in [0.3, 0.4) is 0 Å². The third kappa shape index (κ3) is 2.49. The second kappa shape index (κ2) is 6.03. The van der Waals surface area contributed by atoms with E-state index < -0.39 is 0 Å². The van der Waals surface area contributed by atoms with Crippen LogP contribution in [0.25, 0.3) is 50.4 Å². The lowest BCUT2D eigenvalue weighted by atomic mass is 10.0. The summed E-state index contributed by atoms with van der Waals surface area (Å²) in [5, 5.41) is 3.75. The average Bonchev–Trinajstić information content (AvgIpc) is 3.25. The molecule has 0 saturated carbocycles. The molecule has 0 bridgehead atoms. The Bertz CT molecular complexity index is 1350. The fourth-order valence-corrected chi connectivity index (χ4v) is 3.89. The molecular weight excluding hydrogens is 328 g/mol. The van der Waals surface area contributed by atoms with Gasteiger partial charge in [0.1, 0.15) is 0 Å². The first-order chi connectivity index (χ1) is 13.2. The Balaban J connectivity index is 1.68. The van der Waals surface area contributed by atoms with Crippen molar-refractivity contribution in [3.63, 3.8) is 0 Å². The molecule has 130 valence electrons. The van der Waals surface area contributed by atoms with Crippen LogP contribution < -0.4 is 0 Å². The van der Waals surface area contributed by atoms with Gasteiger partial charge in [-0.2, -0.15) is 0 Å². The van der Waals surface area contributed by atoms with E-state index in [1.165, 1.54) is 43.9 Å². The predicted octanol–water partition coefficient (Wildman–Crippen LogP) is 7.01. The van der Waals surface area contributed by atoms with Crippen molar-refractivity contribution < 1.29 is 0 Å². The van der Waals surface area contributed by atoms with Gasteiger partial charge in [-0.1, -0.05) is 49.0 Å². The summed E-state index contributed by atoms with van der Waals surface area (Å²) in [7, 11) is 0. The molecule has 0 atom stereocenters. The van der Waals surface area contributed by atoms with Gasteiger partial charge in [0.05, 0.1) is 0 Å². The van der Waals surface area contributed by atoms with Gasteiger partial charge in [-0.15, -0.1) is 0 Å². The number of rotatable bonds is 3. The van der Waals surface area contributed by atoms with E-state index in [1.54, 1.807) is 0 Å². The number of aromatic nitrogens is 2. The zero-order valence-electron chi connectivity index (χ0n) is 15.2. The normalized spacial score (nSPS) is 12.3. The van der Waals surface area contributed by atoms with E-state index in [2.05, 4.69) is 96.3 Å². The van der Waals surface area contributed by atoms with E-state index in [0.717, 1.165) is 11.2 Å². The summed E-state index contributed by atoms with van der Waals surface area (Å²) < 4.78 is 0. The Kier molecular flexibility index (Phi) is 3.51. The van der Waals surface area contributed by atoms with E-state index in [1.807, 2.05) is 6.08 Å². The number of aromatic amines is 2. The quantitative estimate of drug-likeness (QED) is 0.351. The van der Waals surface area contributed by atoms with Crippen molar-refractivity contribution in [2.24, 2.45) is 0 Å². The maximum absolute atomic E-state index is 3.97. The first-order valence-electron chi connectivity index (χ1n) is 9.17. The molecule has 0 amide bonds. The molecule has 5 rings (SSSR count). The van der Waals surface area contributed by atoms with Crippen LogP contribution in [0.15, 0.2) is 73.3 Å². The number of hydrogen-bond donors (Lipinski definition) is 2. The van der Waals surface area contributed by atoms with E-state index in [-0.39, 0.29) is 0 Å². The van der Waals surface area contributed by atoms with Crippen LogP contribution in [0.5, 0.6) is 0 Å². The highest BCUT2D eigenvalue weighted by atomic mass is 14.7. The third-order valence-electron chi connectivity index (χ3n) is 5.30. The predicted molar refractivity (Wildman–Crippen MR) is 118 cm³/mol. The van der Waals surface area contributed by atoms with E-state index in [9.17, 15) is 0 Å². The molecule has 0 fully saturated rings. The van der Waals surface area contributed by atoms with Crippen LogP contribution in [-0.4, -0.2) is 9.97 Å². The molecule has 0 aliphatic carbocycles. The van der Waals surface area contributed by atoms with E-state index >= 15 is 0 Å². The van der Waals surface area contributed by atoms with Gasteiger partial charge in [0.25, 0.3) is 0 Å². The monoisotopic (exact) mass is 348 g/mol. The van der Waals surface area contributed by atoms with Gasteiger partial charge < -0.3 is 9.97 Å². The van der Waals surface area contributed by atoms with Crippen LogP contribution in [-0.2, 0) is 0 Å². The van der Waals surface area contributed by atoms with Gasteiger partial charge in [0, 0.05) is 44.0 Å². The largest absolute Gasteiger partial charge is 0.355 e. The number of para-hydroxylation sites is 2. The summed E-state index contributed by atoms with van der Waals surface area (Å²) in [6, 6.07) is 23.5. The number of H-pyrrole nitrogens is 2. The molecule has 5 aromatic rings. The minimum Gasteiger partial charge on any atom is -0.355 e. The second-order valence-corrected chi connectivity index (χ2v) is 6.96. The Morgan fingerprint density at radius 2 is 1.44 bits per heavy atom. The molecule has 27 heavy (non-hydrogen) atoms. The van der Waals surface area contributed by atoms with Gasteiger partial charge in [-0.3, -0.25) is 0 Å². The molecule has 0 aliphatic rings. The van der Waals surface area contributed by atoms with Crippen molar-refractivity contribution in [3.8, 4) is 0 Å². The molecule has 0 radical (unpaired) electrons. The number of allylic oxidation sites excluding steroid dienone is 1. The summed E-state index contributed by atoms with van der Waals surface area (Å²) >= 11 is 0. The second-order valence-electron chi connectivity index (χ2n) is 6.96. The van der Waals surface area contributed by atoms with Crippen molar-refractivity contribution in [3.05, 3.63) is 90.1 Å². The summed E-state index contributed by atoms with van der Waals surface area (Å²) in [5.74, 6) is 0. The minimum absolute atomic E-state index is 1.06. The van der Waals surface area contributed by atoms with Gasteiger partial charge in [-0.05, 0) is 54.5 Å². The molecular formula is C25H20N2. The van der Waals surface area contributed by atoms with Crippen LogP contribution in [0.1, 0.15) is 23.7 Å². The maximum atomic E-state index is 3.97. The fourth-order valence-electron chi connectivity index (χ4n) is 3.89. The van der Waals surface area contributed by atoms with Crippen molar-refractivity contribution in [2.75, 3.05) is 0 Å². The van der Waals surface area contributed by atoms with Crippen LogP contribution in [0.4, 0.5) is 0 Å². The Hall–Kier alpha value is -3.52. The molecule has 2 aromatic heterocycles. The van der Waals surface area contributed by atoms with Crippen LogP contribution in [0, 0.1) is 0 Å². The topological polar surface area (TPSA) is 31.6 Å². The van der Waals surface area contributed by atoms with Gasteiger partial charge in [0.2, 0.25) is 0 Å². The summed E-state index contributed by atoms with van der Waals surface area (Å²) in [5.41, 5.74) is 8.20. The summed E-state index contributed by atoms with van der Waals surface area (Å²) in [6.45, 7) is 6.14. The first kappa shape index (κ1) is 15.7. The molecule has 2 heterocycles. The molecule has 0 saturated heterocycles. The Morgan fingerprint density at radius 3 is 2.22 bits per heavy atom. The number of nitrogens with one attached hydrogen (secondary N) is 2. The lowest BCUT2D eigenvalue weighted by Gasteiger charge is -2.04. The van der Waals surface area contributed by atoms with Crippen molar-refractivity contribution in [1.29, 1.82) is 0 Å². The van der Waals surface area contributed by atoms with Gasteiger partial charge in [0.15, 0.2) is 0 Å². The van der Waals surface area contributed by atoms with E-state index in [4.69, 9.17) is 0 Å². The Morgan fingerprint density at radius 1 is 0.778 bits per heavy atom. The lowest BCUT2D eigenvalue weighted by Crippen LogP contribution is -1.82. The summed E-state index contributed by atoms with van der Waals surface area (Å²) in [4.78, 5) is 6.95. The van der Waals surface area contributed by atoms with Crippen LogP contribution in [0.2, 0.25) is 0 Å². The average molecular weight is 348 g/mol. The SMILES string of the molecule is C=Cc1[nH]c2ccccc2c1/C=C(\C)c1ccc2[nH]c3ccccc3c2c1. The fraction of sp³-hybridized carbons (Fsp3) is 0.0400. The third-order valence-corrected chi connectivity index (χ3v) is 5.30. The first-order valence-corrected chi connectivity index (χ1v) is 9.17. The molecule has 0 unspecified atom stereocenters. The molecule has 2 nitrogen and oxygen atoms in total. The van der Waals surface area contributed by atoms with Crippen molar-refractivity contribution >= 4 is 50.4 Å². The molecule has 2 heteroatoms. The highest BCUT2D eigenvalue weighted by molar-refractivity contribution is 6.08. The number of fused-ring (bicyclic) bond motifs is 4. The molecule has 3 aromatic carbocycles. The van der Waals surface area contributed by atoms with E-state index in [0.29, 0.717) is 0 Å².